The van der Waals surface area contributed by atoms with Crippen molar-refractivity contribution in [2.24, 2.45) is 0 Å². The lowest BCUT2D eigenvalue weighted by Gasteiger charge is -2.22. The molecule has 0 aliphatic carbocycles. The maximum absolute atomic E-state index is 13.2. The van der Waals surface area contributed by atoms with E-state index in [0.717, 1.165) is 22.8 Å². The van der Waals surface area contributed by atoms with Crippen molar-refractivity contribution >= 4 is 10.8 Å². The summed E-state index contributed by atoms with van der Waals surface area (Å²) in [5, 5.41) is 1.18. The van der Waals surface area contributed by atoms with Crippen molar-refractivity contribution in [1.29, 1.82) is 0 Å². The lowest BCUT2D eigenvalue weighted by atomic mass is 9.88. The molecule has 0 aliphatic rings. The van der Waals surface area contributed by atoms with Gasteiger partial charge in [-0.3, -0.25) is 0 Å². The third-order valence-electron chi connectivity index (χ3n) is 4.24. The Labute approximate surface area is 150 Å². The Balaban J connectivity index is 2.91. The summed E-state index contributed by atoms with van der Waals surface area (Å²) in [5.41, 5.74) is 2.39. The van der Waals surface area contributed by atoms with Crippen LogP contribution >= 0.6 is 0 Å². The molecule has 7 heteroatoms. The highest BCUT2D eigenvalue weighted by molar-refractivity contribution is 5.91. The van der Waals surface area contributed by atoms with E-state index >= 15 is 0 Å². The monoisotopic (exact) mass is 372 g/mol. The molecule has 0 heterocycles. The minimum Gasteiger partial charge on any atom is -0.380 e. The van der Waals surface area contributed by atoms with Crippen molar-refractivity contribution in [3.05, 3.63) is 46.0 Å². The van der Waals surface area contributed by atoms with E-state index in [1.54, 1.807) is 21.3 Å². The van der Waals surface area contributed by atoms with Crippen molar-refractivity contribution in [2.45, 2.75) is 32.6 Å². The van der Waals surface area contributed by atoms with Crippen molar-refractivity contribution in [3.8, 4) is 0 Å². The van der Waals surface area contributed by atoms with E-state index in [1.165, 1.54) is 19.2 Å². The topological polar surface area (TPSA) is 36.9 Å². The van der Waals surface area contributed by atoms with E-state index < -0.39 is 11.7 Å². The van der Waals surface area contributed by atoms with Crippen LogP contribution in [-0.4, -0.2) is 28.4 Å². The average molecular weight is 372 g/mol. The predicted molar refractivity (Wildman–Crippen MR) is 91.8 cm³/mol. The number of methoxy groups -OCH3 is 4. The zero-order chi connectivity index (χ0) is 19.3. The molecule has 0 unspecified atom stereocenters. The van der Waals surface area contributed by atoms with Crippen LogP contribution in [0.25, 0.3) is 10.8 Å². The molecule has 26 heavy (non-hydrogen) atoms. The van der Waals surface area contributed by atoms with Gasteiger partial charge in [-0.2, -0.15) is 13.2 Å². The first kappa shape index (κ1) is 20.6. The smallest absolute Gasteiger partial charge is 0.380 e. The molecule has 2 aromatic rings. The predicted octanol–water partition coefficient (Wildman–Crippen LogP) is 4.44. The van der Waals surface area contributed by atoms with Gasteiger partial charge < -0.3 is 18.9 Å². The number of halogens is 3. The number of rotatable bonds is 8. The minimum absolute atomic E-state index is 0.167. The van der Waals surface area contributed by atoms with Crippen LogP contribution in [0.2, 0.25) is 0 Å². The summed E-state index contributed by atoms with van der Waals surface area (Å²) in [6.45, 7) is 0.955. The number of ether oxygens (including phenoxy) is 4. The van der Waals surface area contributed by atoms with Crippen LogP contribution in [0.15, 0.2) is 18.2 Å². The molecule has 4 nitrogen and oxygen atoms in total. The van der Waals surface area contributed by atoms with Gasteiger partial charge in [0.2, 0.25) is 0 Å². The van der Waals surface area contributed by atoms with Gasteiger partial charge in [-0.15, -0.1) is 0 Å². The van der Waals surface area contributed by atoms with Gasteiger partial charge in [-0.05, 0) is 45.2 Å². The van der Waals surface area contributed by atoms with E-state index in [2.05, 4.69) is 0 Å². The highest BCUT2D eigenvalue weighted by Gasteiger charge is 2.31. The van der Waals surface area contributed by atoms with Gasteiger partial charge in [0, 0.05) is 28.4 Å². The van der Waals surface area contributed by atoms with Crippen LogP contribution in [0.4, 0.5) is 13.2 Å². The molecule has 0 atom stereocenters. The number of hydrogen-bond acceptors (Lipinski definition) is 4. The van der Waals surface area contributed by atoms with E-state index in [0.29, 0.717) is 22.9 Å². The molecule has 0 fully saturated rings. The summed E-state index contributed by atoms with van der Waals surface area (Å²) < 4.78 is 60.9. The molecule has 0 saturated carbocycles. The van der Waals surface area contributed by atoms with E-state index in [4.69, 9.17) is 18.9 Å². The van der Waals surface area contributed by atoms with Gasteiger partial charge in [0.1, 0.15) is 0 Å². The lowest BCUT2D eigenvalue weighted by Crippen LogP contribution is -2.11. The maximum Gasteiger partial charge on any atom is 0.416 e. The van der Waals surface area contributed by atoms with Gasteiger partial charge in [0.15, 0.2) is 0 Å². The first-order chi connectivity index (χ1) is 12.4. The molecular weight excluding hydrogens is 349 g/mol. The second-order valence-electron chi connectivity index (χ2n) is 5.90. The Kier molecular flexibility index (Phi) is 7.00. The van der Waals surface area contributed by atoms with Crippen LogP contribution in [0.3, 0.4) is 0 Å². The Morgan fingerprint density at radius 3 is 1.50 bits per heavy atom. The van der Waals surface area contributed by atoms with Crippen LogP contribution in [-0.2, 0) is 51.6 Å². The van der Waals surface area contributed by atoms with E-state index in [9.17, 15) is 13.2 Å². The van der Waals surface area contributed by atoms with Crippen LogP contribution in [0.1, 0.15) is 27.8 Å². The minimum atomic E-state index is -4.42. The summed E-state index contributed by atoms with van der Waals surface area (Å²) in [7, 11) is 6.17. The van der Waals surface area contributed by atoms with Crippen molar-refractivity contribution in [2.75, 3.05) is 28.4 Å². The average Bonchev–Trinajstić information content (AvgIpc) is 2.59. The van der Waals surface area contributed by atoms with Gasteiger partial charge in [0.05, 0.1) is 32.0 Å². The normalized spacial score (nSPS) is 12.1. The van der Waals surface area contributed by atoms with E-state index in [1.807, 2.05) is 0 Å². The van der Waals surface area contributed by atoms with Crippen molar-refractivity contribution < 1.29 is 32.1 Å². The molecular formula is C19H23F3O4. The van der Waals surface area contributed by atoms with Gasteiger partial charge >= 0.3 is 6.18 Å². The molecule has 2 rings (SSSR count). The zero-order valence-electron chi connectivity index (χ0n) is 15.3. The molecule has 144 valence electrons. The van der Waals surface area contributed by atoms with Gasteiger partial charge in [-0.1, -0.05) is 6.07 Å². The fourth-order valence-electron chi connectivity index (χ4n) is 3.18. The number of hydrogen-bond donors (Lipinski definition) is 0. The molecule has 0 radical (unpaired) electrons. The molecule has 0 spiro atoms. The van der Waals surface area contributed by atoms with Crippen LogP contribution < -0.4 is 0 Å². The SMILES string of the molecule is COCc1c(COC)c(COC)c2cc(C(F)(F)F)ccc2c1COC. The number of fused-ring (bicyclic) bond motifs is 1. The van der Waals surface area contributed by atoms with Gasteiger partial charge in [-0.25, -0.2) is 0 Å². The molecule has 0 N–H and O–H groups in total. The fraction of sp³-hybridized carbons (Fsp3) is 0.474. The van der Waals surface area contributed by atoms with Gasteiger partial charge in [0.25, 0.3) is 0 Å². The molecule has 0 saturated heterocycles. The third kappa shape index (κ3) is 4.17. The molecule has 0 bridgehead atoms. The second-order valence-corrected chi connectivity index (χ2v) is 5.90. The molecule has 2 aromatic carbocycles. The first-order valence-corrected chi connectivity index (χ1v) is 8.01. The molecule has 0 aromatic heterocycles. The third-order valence-corrected chi connectivity index (χ3v) is 4.24. The number of alkyl halides is 3. The first-order valence-electron chi connectivity index (χ1n) is 8.01. The largest absolute Gasteiger partial charge is 0.416 e. The quantitative estimate of drug-likeness (QED) is 0.686. The van der Waals surface area contributed by atoms with E-state index in [-0.39, 0.29) is 19.8 Å². The molecule has 0 aliphatic heterocycles. The Morgan fingerprint density at radius 1 is 0.654 bits per heavy atom. The maximum atomic E-state index is 13.2. The Morgan fingerprint density at radius 2 is 1.08 bits per heavy atom. The second kappa shape index (κ2) is 8.81. The zero-order valence-corrected chi connectivity index (χ0v) is 15.3. The standard InChI is InChI=1S/C19H23F3O4/c1-23-8-15-13-6-5-12(19(20,21)22)7-14(13)16(9-24-2)18(11-26-4)17(15)10-25-3/h5-7H,8-11H2,1-4H3. The number of benzene rings is 2. The summed E-state index contributed by atoms with van der Waals surface area (Å²) in [5.74, 6) is 0. The Bertz CT molecular complexity index is 757. The highest BCUT2D eigenvalue weighted by Crippen LogP contribution is 2.37. The summed E-state index contributed by atoms with van der Waals surface area (Å²) in [4.78, 5) is 0. The fourth-order valence-corrected chi connectivity index (χ4v) is 3.18. The van der Waals surface area contributed by atoms with Crippen molar-refractivity contribution in [3.63, 3.8) is 0 Å². The summed E-state index contributed by atoms with van der Waals surface area (Å²) in [6.07, 6.45) is -4.42. The lowest BCUT2D eigenvalue weighted by molar-refractivity contribution is -0.137. The van der Waals surface area contributed by atoms with Crippen LogP contribution in [0, 0.1) is 0 Å². The van der Waals surface area contributed by atoms with Crippen molar-refractivity contribution in [1.82, 2.24) is 0 Å². The highest BCUT2D eigenvalue weighted by atomic mass is 19.4. The molecule has 0 amide bonds. The summed E-state index contributed by atoms with van der Waals surface area (Å²) >= 11 is 0. The Hall–Kier alpha value is -1.67. The van der Waals surface area contributed by atoms with Crippen LogP contribution in [0.5, 0.6) is 0 Å². The summed E-state index contributed by atoms with van der Waals surface area (Å²) in [6, 6.07) is 3.74.